The van der Waals surface area contributed by atoms with Crippen LogP contribution in [0.5, 0.6) is 0 Å². The number of amides is 1. The van der Waals surface area contributed by atoms with Gasteiger partial charge in [0, 0.05) is 43.1 Å². The van der Waals surface area contributed by atoms with Crippen molar-refractivity contribution >= 4 is 5.91 Å². The van der Waals surface area contributed by atoms with Gasteiger partial charge in [0.2, 0.25) is 0 Å². The Morgan fingerprint density at radius 1 is 1.04 bits per heavy atom. The largest absolute Gasteiger partial charge is 0.348 e. The Hall–Kier alpha value is -3.74. The van der Waals surface area contributed by atoms with Gasteiger partial charge in [-0.25, -0.2) is 14.6 Å². The van der Waals surface area contributed by atoms with Crippen LogP contribution >= 0.6 is 0 Å². The number of hydrogen-bond donors (Lipinski definition) is 1. The third-order valence-electron chi connectivity index (χ3n) is 3.96. The first-order valence-electron chi connectivity index (χ1n) is 8.12. The van der Waals surface area contributed by atoms with E-state index in [9.17, 15) is 4.79 Å². The molecule has 7 nitrogen and oxygen atoms in total. The Kier molecular flexibility index (Phi) is 4.26. The van der Waals surface area contributed by atoms with Crippen molar-refractivity contribution in [2.24, 2.45) is 0 Å². The van der Waals surface area contributed by atoms with Crippen LogP contribution in [-0.2, 0) is 6.54 Å². The van der Waals surface area contributed by atoms with Crippen molar-refractivity contribution in [3.8, 4) is 11.5 Å². The molecule has 4 aromatic rings. The lowest BCUT2D eigenvalue weighted by Crippen LogP contribution is -2.23. The van der Waals surface area contributed by atoms with E-state index in [4.69, 9.17) is 0 Å². The summed E-state index contributed by atoms with van der Waals surface area (Å²) in [6, 6.07) is 13.1. The van der Waals surface area contributed by atoms with E-state index >= 15 is 0 Å². The molecule has 26 heavy (non-hydrogen) atoms. The number of nitrogens with one attached hydrogen (secondary N) is 1. The van der Waals surface area contributed by atoms with Crippen LogP contribution in [0.15, 0.2) is 79.8 Å². The van der Waals surface area contributed by atoms with Crippen LogP contribution in [-0.4, -0.2) is 30.2 Å². The molecule has 0 aliphatic carbocycles. The number of nitrogens with zero attached hydrogens (tertiary/aromatic N) is 5. The Morgan fingerprint density at radius 2 is 1.96 bits per heavy atom. The van der Waals surface area contributed by atoms with Crippen molar-refractivity contribution in [1.82, 2.24) is 29.6 Å². The number of para-hydroxylation sites is 1. The molecule has 1 N–H and O–H groups in total. The van der Waals surface area contributed by atoms with E-state index in [2.05, 4.69) is 20.4 Å². The highest BCUT2D eigenvalue weighted by atomic mass is 16.1. The summed E-state index contributed by atoms with van der Waals surface area (Å²) in [5, 5.41) is 7.22. The number of rotatable bonds is 5. The fourth-order valence-corrected chi connectivity index (χ4v) is 2.67. The smallest absolute Gasteiger partial charge is 0.251 e. The number of pyridine rings is 1. The fraction of sp³-hybridized carbons (Fsp3) is 0.0526. The van der Waals surface area contributed by atoms with Crippen molar-refractivity contribution < 1.29 is 4.79 Å². The van der Waals surface area contributed by atoms with Crippen LogP contribution in [0.2, 0.25) is 0 Å². The van der Waals surface area contributed by atoms with Crippen LogP contribution in [0.1, 0.15) is 15.9 Å². The second-order valence-electron chi connectivity index (χ2n) is 5.63. The molecular formula is C19H16N6O. The average molecular weight is 344 g/mol. The maximum Gasteiger partial charge on any atom is 0.251 e. The third kappa shape index (κ3) is 3.23. The molecule has 0 fully saturated rings. The second kappa shape index (κ2) is 7.02. The molecule has 0 unspecified atom stereocenters. The molecule has 0 saturated carbocycles. The molecule has 0 radical (unpaired) electrons. The van der Waals surface area contributed by atoms with Gasteiger partial charge in [0.1, 0.15) is 12.1 Å². The topological polar surface area (TPSA) is 77.6 Å². The molecule has 0 aliphatic heterocycles. The van der Waals surface area contributed by atoms with E-state index in [1.165, 1.54) is 0 Å². The van der Waals surface area contributed by atoms with Gasteiger partial charge in [-0.3, -0.25) is 9.36 Å². The summed E-state index contributed by atoms with van der Waals surface area (Å²) in [5.74, 6) is 0.483. The fourth-order valence-electron chi connectivity index (χ4n) is 2.67. The zero-order valence-corrected chi connectivity index (χ0v) is 13.9. The van der Waals surface area contributed by atoms with Gasteiger partial charge in [-0.1, -0.05) is 18.2 Å². The third-order valence-corrected chi connectivity index (χ3v) is 3.96. The monoisotopic (exact) mass is 344 g/mol. The van der Waals surface area contributed by atoms with Crippen LogP contribution in [0.25, 0.3) is 11.5 Å². The second-order valence-corrected chi connectivity index (χ2v) is 5.63. The van der Waals surface area contributed by atoms with Crippen LogP contribution in [0.4, 0.5) is 0 Å². The lowest BCUT2D eigenvalue weighted by atomic mass is 10.1. The molecule has 128 valence electrons. The van der Waals surface area contributed by atoms with Gasteiger partial charge < -0.3 is 5.32 Å². The molecule has 0 aliphatic rings. The number of hydrogen-bond acceptors (Lipinski definition) is 4. The van der Waals surface area contributed by atoms with Crippen molar-refractivity contribution in [3.63, 3.8) is 0 Å². The summed E-state index contributed by atoms with van der Waals surface area (Å²) in [4.78, 5) is 20.8. The van der Waals surface area contributed by atoms with Crippen molar-refractivity contribution in [3.05, 3.63) is 90.9 Å². The van der Waals surface area contributed by atoms with E-state index in [0.29, 0.717) is 17.9 Å². The maximum absolute atomic E-state index is 12.6. The zero-order valence-electron chi connectivity index (χ0n) is 13.9. The Labute approximate surface area is 150 Å². The molecule has 1 amide bonds. The van der Waals surface area contributed by atoms with Gasteiger partial charge >= 0.3 is 0 Å². The molecule has 0 atom stereocenters. The minimum atomic E-state index is -0.163. The van der Waals surface area contributed by atoms with Crippen molar-refractivity contribution in [2.45, 2.75) is 6.54 Å². The highest BCUT2D eigenvalue weighted by Gasteiger charge is 2.10. The van der Waals surface area contributed by atoms with Crippen molar-refractivity contribution in [2.75, 3.05) is 0 Å². The van der Waals surface area contributed by atoms with E-state index in [1.54, 1.807) is 52.5 Å². The SMILES string of the molecule is O=C(NCc1ccccc1-n1cccn1)c1ccnc(-n2ccnc2)c1. The molecular weight excluding hydrogens is 328 g/mol. The Morgan fingerprint density at radius 3 is 2.77 bits per heavy atom. The standard InChI is InChI=1S/C19H16N6O/c26-19(15-6-8-21-18(12-15)24-11-9-20-14-24)22-13-16-4-1-2-5-17(16)25-10-3-7-23-25/h1-12,14H,13H2,(H,22,26). The first-order valence-corrected chi connectivity index (χ1v) is 8.12. The highest BCUT2D eigenvalue weighted by molar-refractivity contribution is 5.94. The predicted molar refractivity (Wildman–Crippen MR) is 96.1 cm³/mol. The Bertz CT molecular complexity index is 1010. The van der Waals surface area contributed by atoms with Gasteiger partial charge in [-0.15, -0.1) is 0 Å². The first kappa shape index (κ1) is 15.8. The number of aromatic nitrogens is 5. The predicted octanol–water partition coefficient (Wildman–Crippen LogP) is 2.38. The summed E-state index contributed by atoms with van der Waals surface area (Å²) in [6.07, 6.45) is 10.3. The highest BCUT2D eigenvalue weighted by Crippen LogP contribution is 2.14. The van der Waals surface area contributed by atoms with Gasteiger partial charge in [0.25, 0.3) is 5.91 Å². The Balaban J connectivity index is 1.51. The van der Waals surface area contributed by atoms with E-state index in [1.807, 2.05) is 36.5 Å². The summed E-state index contributed by atoms with van der Waals surface area (Å²) in [7, 11) is 0. The van der Waals surface area contributed by atoms with E-state index < -0.39 is 0 Å². The minimum Gasteiger partial charge on any atom is -0.348 e. The molecule has 4 rings (SSSR count). The number of carbonyl (C=O) groups excluding carboxylic acids is 1. The summed E-state index contributed by atoms with van der Waals surface area (Å²) < 4.78 is 3.54. The van der Waals surface area contributed by atoms with Gasteiger partial charge in [0.05, 0.1) is 5.69 Å². The van der Waals surface area contributed by atoms with Crippen LogP contribution < -0.4 is 5.32 Å². The minimum absolute atomic E-state index is 0.163. The summed E-state index contributed by atoms with van der Waals surface area (Å²) in [6.45, 7) is 0.400. The molecule has 0 bridgehead atoms. The van der Waals surface area contributed by atoms with Gasteiger partial charge in [0.15, 0.2) is 0 Å². The normalized spacial score (nSPS) is 10.6. The maximum atomic E-state index is 12.6. The molecule has 0 spiro atoms. The van der Waals surface area contributed by atoms with E-state index in [-0.39, 0.29) is 5.91 Å². The van der Waals surface area contributed by atoms with E-state index in [0.717, 1.165) is 11.3 Å². The summed E-state index contributed by atoms with van der Waals surface area (Å²) in [5.41, 5.74) is 2.46. The zero-order chi connectivity index (χ0) is 17.8. The molecule has 7 heteroatoms. The van der Waals surface area contributed by atoms with Crippen LogP contribution in [0.3, 0.4) is 0 Å². The number of benzene rings is 1. The average Bonchev–Trinajstić information content (AvgIpc) is 3.40. The van der Waals surface area contributed by atoms with Crippen molar-refractivity contribution in [1.29, 1.82) is 0 Å². The number of carbonyl (C=O) groups is 1. The molecule has 3 aromatic heterocycles. The van der Waals surface area contributed by atoms with Gasteiger partial charge in [-0.2, -0.15) is 5.10 Å². The lowest BCUT2D eigenvalue weighted by Gasteiger charge is -2.11. The lowest BCUT2D eigenvalue weighted by molar-refractivity contribution is 0.0950. The quantitative estimate of drug-likeness (QED) is 0.603. The molecule has 1 aromatic carbocycles. The van der Waals surface area contributed by atoms with Gasteiger partial charge in [-0.05, 0) is 29.8 Å². The molecule has 0 saturated heterocycles. The molecule has 3 heterocycles. The summed E-state index contributed by atoms with van der Waals surface area (Å²) >= 11 is 0. The first-order chi connectivity index (χ1) is 12.8. The number of imidazole rings is 1. The van der Waals surface area contributed by atoms with Crippen LogP contribution in [0, 0.1) is 0 Å².